The van der Waals surface area contributed by atoms with Crippen LogP contribution in [0.2, 0.25) is 0 Å². The number of esters is 1. The van der Waals surface area contributed by atoms with Gasteiger partial charge in [-0.25, -0.2) is 14.8 Å². The Bertz CT molecular complexity index is 1090. The highest BCUT2D eigenvalue weighted by Crippen LogP contribution is 2.32. The number of aromatic nitrogens is 3. The number of carbonyl (C=O) groups excluding carboxylic acids is 1. The third-order valence-electron chi connectivity index (χ3n) is 5.90. The maximum absolute atomic E-state index is 11.8. The van der Waals surface area contributed by atoms with Gasteiger partial charge in [-0.3, -0.25) is 9.47 Å². The van der Waals surface area contributed by atoms with Crippen LogP contribution in [0.3, 0.4) is 0 Å². The number of cyclic esters (lactones) is 1. The average molecular weight is 404 g/mol. The molecule has 2 aliphatic rings. The molecule has 0 unspecified atom stereocenters. The number of fused-ring (bicyclic) bond motifs is 1. The number of hydrogen-bond acceptors (Lipinski definition) is 6. The van der Waals surface area contributed by atoms with Crippen LogP contribution in [0.25, 0.3) is 5.82 Å². The summed E-state index contributed by atoms with van der Waals surface area (Å²) >= 11 is 0. The van der Waals surface area contributed by atoms with Gasteiger partial charge in [-0.05, 0) is 42.7 Å². The number of pyridine rings is 1. The van der Waals surface area contributed by atoms with Crippen LogP contribution in [0.1, 0.15) is 44.4 Å². The highest BCUT2D eigenvalue weighted by molar-refractivity contribution is 5.93. The molecule has 5 rings (SSSR count). The summed E-state index contributed by atoms with van der Waals surface area (Å²) in [5.74, 6) is 0.636. The molecule has 0 N–H and O–H groups in total. The second-order valence-corrected chi connectivity index (χ2v) is 7.92. The van der Waals surface area contributed by atoms with Crippen LogP contribution in [0.15, 0.2) is 43.0 Å². The zero-order valence-corrected chi connectivity index (χ0v) is 17.2. The molecule has 154 valence electrons. The Morgan fingerprint density at radius 3 is 2.83 bits per heavy atom. The van der Waals surface area contributed by atoms with E-state index < -0.39 is 0 Å². The zero-order chi connectivity index (χ0) is 20.7. The first-order chi connectivity index (χ1) is 14.6. The van der Waals surface area contributed by atoms with Gasteiger partial charge in [0, 0.05) is 37.6 Å². The number of aryl methyl sites for hydroxylation is 1. The van der Waals surface area contributed by atoms with E-state index in [1.807, 2.05) is 42.1 Å². The molecule has 1 saturated heterocycles. The fourth-order valence-corrected chi connectivity index (χ4v) is 4.22. The van der Waals surface area contributed by atoms with E-state index in [0.717, 1.165) is 47.8 Å². The van der Waals surface area contributed by atoms with Crippen molar-refractivity contribution < 1.29 is 14.3 Å². The van der Waals surface area contributed by atoms with E-state index in [1.54, 1.807) is 6.33 Å². The van der Waals surface area contributed by atoms with Crippen molar-refractivity contribution >= 4 is 5.97 Å². The summed E-state index contributed by atoms with van der Waals surface area (Å²) in [6.45, 7) is 7.56. The standard InChI is InChI=1S/C23H24N4O3/c1-15-10-27(14-25-15)22-6-3-17(9-24-22)11-26-7-8-29-21(12-26)18-4-5-19-20(16(18)2)13-30-23(19)28/h3-6,9-10,14,21H,7-8,11-13H2,1-2H3/t21-/m0/s1. The first kappa shape index (κ1) is 19.0. The largest absolute Gasteiger partial charge is 0.457 e. The second-order valence-electron chi connectivity index (χ2n) is 7.92. The molecule has 7 heteroatoms. The maximum Gasteiger partial charge on any atom is 0.338 e. The number of carbonyl (C=O) groups is 1. The highest BCUT2D eigenvalue weighted by atomic mass is 16.5. The van der Waals surface area contributed by atoms with E-state index in [-0.39, 0.29) is 12.1 Å². The Hall–Kier alpha value is -3.03. The topological polar surface area (TPSA) is 69.5 Å². The molecule has 2 aromatic heterocycles. The van der Waals surface area contributed by atoms with Crippen LogP contribution in [-0.2, 0) is 22.6 Å². The average Bonchev–Trinajstić information content (AvgIpc) is 3.35. The van der Waals surface area contributed by atoms with Crippen LogP contribution in [-0.4, -0.2) is 45.1 Å². The number of nitrogens with zero attached hydrogens (tertiary/aromatic N) is 4. The molecular weight excluding hydrogens is 380 g/mol. The molecule has 3 aromatic rings. The van der Waals surface area contributed by atoms with Crippen molar-refractivity contribution in [1.29, 1.82) is 0 Å². The van der Waals surface area contributed by atoms with E-state index >= 15 is 0 Å². The SMILES string of the molecule is Cc1cn(-c2ccc(CN3CCO[C@H](c4ccc5c(c4C)COC5=O)C3)cn2)cn1. The molecule has 0 saturated carbocycles. The third-order valence-corrected chi connectivity index (χ3v) is 5.90. The molecule has 1 fully saturated rings. The summed E-state index contributed by atoms with van der Waals surface area (Å²) in [7, 11) is 0. The van der Waals surface area contributed by atoms with Crippen molar-refractivity contribution in [2.24, 2.45) is 0 Å². The highest BCUT2D eigenvalue weighted by Gasteiger charge is 2.29. The van der Waals surface area contributed by atoms with E-state index in [0.29, 0.717) is 18.8 Å². The third kappa shape index (κ3) is 3.51. The van der Waals surface area contributed by atoms with Crippen LogP contribution < -0.4 is 0 Å². The van der Waals surface area contributed by atoms with E-state index in [4.69, 9.17) is 9.47 Å². The number of morpholine rings is 1. The van der Waals surface area contributed by atoms with Crippen molar-refractivity contribution in [2.45, 2.75) is 33.1 Å². The lowest BCUT2D eigenvalue weighted by Gasteiger charge is -2.34. The molecule has 0 bridgehead atoms. The second kappa shape index (κ2) is 7.66. The molecule has 0 aliphatic carbocycles. The summed E-state index contributed by atoms with van der Waals surface area (Å²) in [6, 6.07) is 8.02. The van der Waals surface area contributed by atoms with Gasteiger partial charge >= 0.3 is 5.97 Å². The predicted molar refractivity (Wildman–Crippen MR) is 110 cm³/mol. The first-order valence-corrected chi connectivity index (χ1v) is 10.2. The fourth-order valence-electron chi connectivity index (χ4n) is 4.22. The molecule has 1 aromatic carbocycles. The van der Waals surface area contributed by atoms with Gasteiger partial charge in [-0.15, -0.1) is 0 Å². The Morgan fingerprint density at radius 1 is 1.17 bits per heavy atom. The van der Waals surface area contributed by atoms with Crippen LogP contribution in [0, 0.1) is 13.8 Å². The minimum atomic E-state index is -0.229. The van der Waals surface area contributed by atoms with Gasteiger partial charge in [0.2, 0.25) is 0 Å². The lowest BCUT2D eigenvalue weighted by atomic mass is 9.94. The lowest BCUT2D eigenvalue weighted by Crippen LogP contribution is -2.38. The van der Waals surface area contributed by atoms with Gasteiger partial charge < -0.3 is 9.47 Å². The summed E-state index contributed by atoms with van der Waals surface area (Å²) < 4.78 is 13.2. The molecule has 1 atom stereocenters. The molecular formula is C23H24N4O3. The Balaban J connectivity index is 1.29. The number of ether oxygens (including phenoxy) is 2. The Kier molecular flexibility index (Phi) is 4.84. The molecule has 30 heavy (non-hydrogen) atoms. The van der Waals surface area contributed by atoms with Gasteiger partial charge in [0.05, 0.1) is 24.0 Å². The maximum atomic E-state index is 11.8. The molecule has 0 amide bonds. The van der Waals surface area contributed by atoms with Gasteiger partial charge in [-0.2, -0.15) is 0 Å². The summed E-state index contributed by atoms with van der Waals surface area (Å²) in [4.78, 5) is 23.0. The molecule has 4 heterocycles. The van der Waals surface area contributed by atoms with E-state index in [9.17, 15) is 4.79 Å². The van der Waals surface area contributed by atoms with Crippen molar-refractivity contribution in [3.05, 3.63) is 76.5 Å². The van der Waals surface area contributed by atoms with Gasteiger partial charge in [-0.1, -0.05) is 12.1 Å². The lowest BCUT2D eigenvalue weighted by molar-refractivity contribution is -0.0332. The monoisotopic (exact) mass is 404 g/mol. The quantitative estimate of drug-likeness (QED) is 0.623. The fraction of sp³-hybridized carbons (Fsp3) is 0.348. The molecule has 7 nitrogen and oxygen atoms in total. The first-order valence-electron chi connectivity index (χ1n) is 10.2. The minimum Gasteiger partial charge on any atom is -0.457 e. The number of rotatable bonds is 4. The van der Waals surface area contributed by atoms with Gasteiger partial charge in [0.25, 0.3) is 0 Å². The summed E-state index contributed by atoms with van der Waals surface area (Å²) in [5.41, 5.74) is 6.06. The molecule has 2 aliphatic heterocycles. The Morgan fingerprint density at radius 2 is 2.07 bits per heavy atom. The van der Waals surface area contributed by atoms with E-state index in [2.05, 4.69) is 27.9 Å². The summed E-state index contributed by atoms with van der Waals surface area (Å²) in [6.07, 6.45) is 5.66. The normalized spacial score (nSPS) is 19.0. The van der Waals surface area contributed by atoms with Crippen molar-refractivity contribution in [3.8, 4) is 5.82 Å². The van der Waals surface area contributed by atoms with Crippen LogP contribution in [0.4, 0.5) is 0 Å². The smallest absolute Gasteiger partial charge is 0.338 e. The Labute approximate surface area is 175 Å². The minimum absolute atomic E-state index is 0.0130. The van der Waals surface area contributed by atoms with Crippen molar-refractivity contribution in [2.75, 3.05) is 19.7 Å². The van der Waals surface area contributed by atoms with Gasteiger partial charge in [0.15, 0.2) is 0 Å². The van der Waals surface area contributed by atoms with Crippen molar-refractivity contribution in [3.63, 3.8) is 0 Å². The molecule has 0 spiro atoms. The van der Waals surface area contributed by atoms with E-state index in [1.165, 1.54) is 5.56 Å². The summed E-state index contributed by atoms with van der Waals surface area (Å²) in [5, 5.41) is 0. The predicted octanol–water partition coefficient (Wildman–Crippen LogP) is 3.13. The van der Waals surface area contributed by atoms with Crippen LogP contribution in [0.5, 0.6) is 0 Å². The number of hydrogen-bond donors (Lipinski definition) is 0. The van der Waals surface area contributed by atoms with Crippen molar-refractivity contribution in [1.82, 2.24) is 19.4 Å². The van der Waals surface area contributed by atoms with Gasteiger partial charge in [0.1, 0.15) is 18.8 Å². The number of imidazole rings is 1. The zero-order valence-electron chi connectivity index (χ0n) is 17.2. The number of benzene rings is 1. The van der Waals surface area contributed by atoms with Crippen LogP contribution >= 0.6 is 0 Å². The molecule has 0 radical (unpaired) electrons.